The molecule has 0 saturated carbocycles. The third kappa shape index (κ3) is 4.39. The average Bonchev–Trinajstić information content (AvgIpc) is 3.21. The fraction of sp³-hybridized carbons (Fsp3) is 0.567. The second kappa shape index (κ2) is 10.9. The quantitative estimate of drug-likeness (QED) is 0.406. The summed E-state index contributed by atoms with van der Waals surface area (Å²) in [6.45, 7) is 8.31. The molecule has 0 radical (unpaired) electrons. The summed E-state index contributed by atoms with van der Waals surface area (Å²) < 4.78 is -0.790. The van der Waals surface area contributed by atoms with E-state index < -0.39 is 22.6 Å². The van der Waals surface area contributed by atoms with Crippen molar-refractivity contribution in [1.29, 1.82) is 0 Å². The molecule has 4 aliphatic heterocycles. The number of hydrogen-bond donors (Lipinski definition) is 1. The van der Waals surface area contributed by atoms with Gasteiger partial charge in [0.05, 0.1) is 16.6 Å². The van der Waals surface area contributed by atoms with Crippen molar-refractivity contribution >= 4 is 35.2 Å². The molecular formula is C30H39N3O4S. The summed E-state index contributed by atoms with van der Waals surface area (Å²) in [6.07, 6.45) is 11.3. The third-order valence-electron chi connectivity index (χ3n) is 8.45. The molecule has 7 nitrogen and oxygen atoms in total. The van der Waals surface area contributed by atoms with Gasteiger partial charge in [-0.1, -0.05) is 43.4 Å². The van der Waals surface area contributed by atoms with Crippen molar-refractivity contribution in [2.45, 2.75) is 62.5 Å². The number of anilines is 1. The number of hydrogen-bond acceptors (Lipinski definition) is 5. The Kier molecular flexibility index (Phi) is 7.74. The molecule has 8 heteroatoms. The first-order valence-corrected chi connectivity index (χ1v) is 14.8. The van der Waals surface area contributed by atoms with Crippen LogP contribution in [0.3, 0.4) is 0 Å². The predicted molar refractivity (Wildman–Crippen MR) is 151 cm³/mol. The molecule has 0 bridgehead atoms. The smallest absolute Gasteiger partial charge is 0.251 e. The van der Waals surface area contributed by atoms with Crippen molar-refractivity contribution in [2.24, 2.45) is 11.8 Å². The van der Waals surface area contributed by atoms with Crippen molar-refractivity contribution in [2.75, 3.05) is 37.7 Å². The van der Waals surface area contributed by atoms with Gasteiger partial charge >= 0.3 is 0 Å². The monoisotopic (exact) mass is 537 g/mol. The molecular weight excluding hydrogens is 498 g/mol. The van der Waals surface area contributed by atoms with E-state index in [-0.39, 0.29) is 29.6 Å². The van der Waals surface area contributed by atoms with E-state index in [1.807, 2.05) is 47.9 Å². The number of amides is 3. The van der Waals surface area contributed by atoms with E-state index in [9.17, 15) is 19.5 Å². The topological polar surface area (TPSA) is 81.2 Å². The summed E-state index contributed by atoms with van der Waals surface area (Å²) in [6, 6.07) is 5.44. The first kappa shape index (κ1) is 27.0. The average molecular weight is 538 g/mol. The fourth-order valence-corrected chi connectivity index (χ4v) is 8.70. The number of fused-ring (bicyclic) bond motifs is 2. The van der Waals surface area contributed by atoms with Crippen LogP contribution in [0.4, 0.5) is 5.69 Å². The SMILES string of the molecule is CCCN1CC=C[C@@H]2S[C@]34C=CCN(c5cc(C)ccc5C)C(=O)C3N(CCCCCO)C(=O)[C@@H]4[C@@H]2C1=O. The number of aliphatic hydroxyl groups excluding tert-OH is 1. The van der Waals surface area contributed by atoms with Gasteiger partial charge in [0.2, 0.25) is 11.8 Å². The van der Waals surface area contributed by atoms with Gasteiger partial charge in [-0.2, -0.15) is 0 Å². The van der Waals surface area contributed by atoms with Crippen LogP contribution in [0.5, 0.6) is 0 Å². The molecule has 0 aliphatic carbocycles. The highest BCUT2D eigenvalue weighted by atomic mass is 32.2. The Labute approximate surface area is 229 Å². The molecule has 5 atom stereocenters. The highest BCUT2D eigenvalue weighted by molar-refractivity contribution is 8.02. The van der Waals surface area contributed by atoms with E-state index >= 15 is 0 Å². The highest BCUT2D eigenvalue weighted by Crippen LogP contribution is 2.61. The largest absolute Gasteiger partial charge is 0.396 e. The summed E-state index contributed by atoms with van der Waals surface area (Å²) in [7, 11) is 0. The lowest BCUT2D eigenvalue weighted by atomic mass is 9.78. The minimum Gasteiger partial charge on any atom is -0.396 e. The molecule has 3 amide bonds. The molecule has 2 saturated heterocycles. The van der Waals surface area contributed by atoms with Gasteiger partial charge in [0.15, 0.2) is 0 Å². The predicted octanol–water partition coefficient (Wildman–Crippen LogP) is 3.47. The summed E-state index contributed by atoms with van der Waals surface area (Å²) >= 11 is 1.64. The van der Waals surface area contributed by atoms with Crippen LogP contribution in [0.2, 0.25) is 0 Å². The van der Waals surface area contributed by atoms with Crippen molar-refractivity contribution in [3.8, 4) is 0 Å². The molecule has 1 aromatic rings. The zero-order valence-corrected chi connectivity index (χ0v) is 23.5. The van der Waals surface area contributed by atoms with E-state index in [0.717, 1.165) is 29.7 Å². The van der Waals surface area contributed by atoms with Crippen molar-refractivity contribution in [3.05, 3.63) is 53.6 Å². The zero-order valence-electron chi connectivity index (χ0n) is 22.6. The minimum absolute atomic E-state index is 0.0296. The van der Waals surface area contributed by atoms with Gasteiger partial charge < -0.3 is 19.8 Å². The Morgan fingerprint density at radius 2 is 1.82 bits per heavy atom. The van der Waals surface area contributed by atoms with Gasteiger partial charge in [0.25, 0.3) is 5.91 Å². The van der Waals surface area contributed by atoms with Crippen LogP contribution in [-0.2, 0) is 14.4 Å². The number of carbonyl (C=O) groups excluding carboxylic acids is 3. The molecule has 1 aromatic carbocycles. The van der Waals surface area contributed by atoms with Crippen LogP contribution in [0.15, 0.2) is 42.5 Å². The molecule has 4 heterocycles. The van der Waals surface area contributed by atoms with Crippen LogP contribution >= 0.6 is 11.8 Å². The number of thioether (sulfide) groups is 1. The number of nitrogens with zero attached hydrogens (tertiary/aromatic N) is 3. The lowest BCUT2D eigenvalue weighted by Crippen LogP contribution is -2.53. The first-order chi connectivity index (χ1) is 18.3. The van der Waals surface area contributed by atoms with Crippen LogP contribution in [0.25, 0.3) is 0 Å². The Balaban J connectivity index is 1.58. The van der Waals surface area contributed by atoms with Crippen LogP contribution in [-0.4, -0.2) is 81.5 Å². The Morgan fingerprint density at radius 3 is 2.58 bits per heavy atom. The number of carbonyl (C=O) groups is 3. The molecule has 38 heavy (non-hydrogen) atoms. The number of benzene rings is 1. The van der Waals surface area contributed by atoms with Crippen molar-refractivity contribution in [3.63, 3.8) is 0 Å². The number of likely N-dealkylation sites (tertiary alicyclic amines) is 1. The van der Waals surface area contributed by atoms with Gasteiger partial charge in [-0.05, 0) is 56.7 Å². The summed E-state index contributed by atoms with van der Waals surface area (Å²) in [5.41, 5.74) is 2.96. The summed E-state index contributed by atoms with van der Waals surface area (Å²) in [5, 5.41) is 9.13. The zero-order chi connectivity index (χ0) is 27.0. The summed E-state index contributed by atoms with van der Waals surface area (Å²) in [4.78, 5) is 48.1. The lowest BCUT2D eigenvalue weighted by Gasteiger charge is -2.35. The maximum absolute atomic E-state index is 14.5. The number of aliphatic hydroxyl groups is 1. The van der Waals surface area contributed by atoms with Crippen LogP contribution in [0, 0.1) is 25.7 Å². The molecule has 1 unspecified atom stereocenters. The second-order valence-electron chi connectivity index (χ2n) is 11.0. The normalized spacial score (nSPS) is 30.4. The van der Waals surface area contributed by atoms with E-state index in [0.29, 0.717) is 39.0 Å². The minimum atomic E-state index is -0.790. The Bertz CT molecular complexity index is 1170. The number of aryl methyl sites for hydroxylation is 2. The molecule has 0 aromatic heterocycles. The van der Waals surface area contributed by atoms with E-state index in [1.165, 1.54) is 0 Å². The molecule has 1 spiro atoms. The van der Waals surface area contributed by atoms with Crippen LogP contribution in [0.1, 0.15) is 43.7 Å². The molecule has 1 N–H and O–H groups in total. The van der Waals surface area contributed by atoms with Crippen molar-refractivity contribution in [1.82, 2.24) is 9.80 Å². The van der Waals surface area contributed by atoms with E-state index in [1.54, 1.807) is 16.7 Å². The Morgan fingerprint density at radius 1 is 1.00 bits per heavy atom. The number of rotatable bonds is 8. The van der Waals surface area contributed by atoms with E-state index in [4.69, 9.17) is 0 Å². The second-order valence-corrected chi connectivity index (χ2v) is 12.5. The molecule has 5 rings (SSSR count). The fourth-order valence-electron chi connectivity index (χ4n) is 6.70. The van der Waals surface area contributed by atoms with Gasteiger partial charge in [0, 0.05) is 43.7 Å². The van der Waals surface area contributed by atoms with Crippen molar-refractivity contribution < 1.29 is 19.5 Å². The van der Waals surface area contributed by atoms with Gasteiger partial charge in [0.1, 0.15) is 6.04 Å². The van der Waals surface area contributed by atoms with E-state index in [2.05, 4.69) is 25.2 Å². The van der Waals surface area contributed by atoms with Gasteiger partial charge in [-0.3, -0.25) is 14.4 Å². The van der Waals surface area contributed by atoms with Crippen LogP contribution < -0.4 is 4.90 Å². The first-order valence-electron chi connectivity index (χ1n) is 13.9. The number of unbranched alkanes of at least 4 members (excludes halogenated alkanes) is 2. The molecule has 4 aliphatic rings. The highest BCUT2D eigenvalue weighted by Gasteiger charge is 2.70. The molecule has 2 fully saturated rings. The van der Waals surface area contributed by atoms with Gasteiger partial charge in [-0.25, -0.2) is 0 Å². The third-order valence-corrected chi connectivity index (χ3v) is 10.2. The molecule has 204 valence electrons. The Hall–Kier alpha value is -2.58. The summed E-state index contributed by atoms with van der Waals surface area (Å²) in [5.74, 6) is -1.18. The maximum atomic E-state index is 14.5. The maximum Gasteiger partial charge on any atom is 0.251 e. The standard InChI is InChI=1S/C30H39N3O4S/c1-4-14-31-15-8-10-23-24(27(31)35)25-28(36)33(16-6-5-7-18-34)26-29(37)32(17-9-13-30(25,26)38-23)22-19-20(2)11-12-21(22)3/h8-13,19,23-26,34H,4-7,14-18H2,1-3H3/t23-,24+,25-,26?,30-/m0/s1. The lowest BCUT2D eigenvalue weighted by molar-refractivity contribution is -0.142. The van der Waals surface area contributed by atoms with Gasteiger partial charge in [-0.15, -0.1) is 11.8 Å².